The third-order valence-electron chi connectivity index (χ3n) is 4.63. The molecule has 1 fully saturated rings. The summed E-state index contributed by atoms with van der Waals surface area (Å²) >= 11 is 0. The first kappa shape index (κ1) is 16.3. The molecule has 8 heteroatoms. The first-order chi connectivity index (χ1) is 12.7. The van der Waals surface area contributed by atoms with Crippen LogP contribution in [0.4, 0.5) is 11.6 Å². The molecule has 8 nitrogen and oxygen atoms in total. The third kappa shape index (κ3) is 3.30. The second-order valence-electron chi connectivity index (χ2n) is 6.39. The lowest BCUT2D eigenvalue weighted by atomic mass is 10.1. The van der Waals surface area contributed by atoms with Gasteiger partial charge in [0.05, 0.1) is 0 Å². The van der Waals surface area contributed by atoms with Crippen molar-refractivity contribution in [1.82, 2.24) is 14.7 Å². The van der Waals surface area contributed by atoms with E-state index in [1.54, 1.807) is 12.3 Å². The lowest BCUT2D eigenvalue weighted by Gasteiger charge is -2.28. The molecule has 1 aromatic carbocycles. The van der Waals surface area contributed by atoms with Crippen molar-refractivity contribution in [3.05, 3.63) is 58.6 Å². The van der Waals surface area contributed by atoms with Gasteiger partial charge in [-0.3, -0.25) is 0 Å². The van der Waals surface area contributed by atoms with E-state index in [2.05, 4.69) is 27.2 Å². The van der Waals surface area contributed by atoms with Gasteiger partial charge in [0.2, 0.25) is 0 Å². The zero-order valence-electron chi connectivity index (χ0n) is 14.2. The van der Waals surface area contributed by atoms with E-state index in [-0.39, 0.29) is 12.5 Å². The fraction of sp³-hybridized carbons (Fsp3) is 0.333. The van der Waals surface area contributed by atoms with Crippen LogP contribution in [0.2, 0.25) is 0 Å². The molecule has 3 aromatic rings. The Hall–Kier alpha value is -3.16. The van der Waals surface area contributed by atoms with E-state index in [9.17, 15) is 10.1 Å². The van der Waals surface area contributed by atoms with Crippen LogP contribution in [0.1, 0.15) is 25.0 Å². The van der Waals surface area contributed by atoms with Crippen molar-refractivity contribution in [3.63, 3.8) is 0 Å². The highest BCUT2D eigenvalue weighted by Crippen LogP contribution is 2.25. The van der Waals surface area contributed by atoms with Crippen molar-refractivity contribution in [3.8, 4) is 11.3 Å². The number of piperidine rings is 1. The van der Waals surface area contributed by atoms with E-state index < -0.39 is 4.92 Å². The number of nitrogens with zero attached hydrogens (tertiary/aromatic N) is 5. The molecule has 4 rings (SSSR count). The second-order valence-corrected chi connectivity index (χ2v) is 6.39. The quantitative estimate of drug-likeness (QED) is 0.515. The van der Waals surface area contributed by atoms with Gasteiger partial charge < -0.3 is 19.5 Å². The number of anilines is 1. The van der Waals surface area contributed by atoms with Gasteiger partial charge in [-0.05, 0) is 36.3 Å². The summed E-state index contributed by atoms with van der Waals surface area (Å²) in [4.78, 5) is 16.5. The van der Waals surface area contributed by atoms with Crippen LogP contribution in [0.25, 0.3) is 11.3 Å². The molecule has 0 amide bonds. The normalized spacial score (nSPS) is 14.5. The first-order valence-corrected chi connectivity index (χ1v) is 8.67. The average molecular weight is 353 g/mol. The second kappa shape index (κ2) is 6.99. The van der Waals surface area contributed by atoms with Crippen molar-refractivity contribution in [1.29, 1.82) is 0 Å². The molecule has 1 saturated heterocycles. The molecule has 0 aliphatic carbocycles. The number of aromatic nitrogens is 3. The van der Waals surface area contributed by atoms with Gasteiger partial charge in [-0.1, -0.05) is 22.3 Å². The molecule has 1 aliphatic heterocycles. The molecule has 0 spiro atoms. The monoisotopic (exact) mass is 353 g/mol. The average Bonchev–Trinajstić information content (AvgIpc) is 3.33. The zero-order chi connectivity index (χ0) is 17.9. The standard InChI is InChI=1S/C18H19N5O3/c24-23(25)18-19-8-11-22(18)13-16-12-17(20-26-16)14-4-6-15(7-5-14)21-9-2-1-3-10-21/h4-8,11-12H,1-3,9-10,13H2. The molecular weight excluding hydrogens is 334 g/mol. The minimum atomic E-state index is -0.517. The van der Waals surface area contributed by atoms with E-state index in [4.69, 9.17) is 4.52 Å². The van der Waals surface area contributed by atoms with Crippen molar-refractivity contribution in [2.24, 2.45) is 0 Å². The minimum absolute atomic E-state index is 0.214. The Kier molecular flexibility index (Phi) is 4.39. The smallest absolute Gasteiger partial charge is 0.390 e. The molecule has 134 valence electrons. The molecule has 0 atom stereocenters. The molecule has 0 bridgehead atoms. The molecule has 2 aromatic heterocycles. The lowest BCUT2D eigenvalue weighted by molar-refractivity contribution is -0.396. The fourth-order valence-electron chi connectivity index (χ4n) is 3.28. The molecule has 26 heavy (non-hydrogen) atoms. The SMILES string of the molecule is O=[N+]([O-])c1nccn1Cc1cc(-c2ccc(N3CCCCC3)cc2)no1. The van der Waals surface area contributed by atoms with Gasteiger partial charge in [0.15, 0.2) is 5.76 Å². The topological polar surface area (TPSA) is 90.2 Å². The zero-order valence-corrected chi connectivity index (χ0v) is 14.2. The molecule has 1 aliphatic rings. The Balaban J connectivity index is 1.49. The summed E-state index contributed by atoms with van der Waals surface area (Å²) in [6.07, 6.45) is 6.75. The molecule has 0 unspecified atom stereocenters. The molecule has 0 radical (unpaired) electrons. The van der Waals surface area contributed by atoms with Gasteiger partial charge in [-0.25, -0.2) is 4.57 Å². The number of rotatable bonds is 5. The van der Waals surface area contributed by atoms with E-state index in [0.717, 1.165) is 18.7 Å². The number of hydrogen-bond acceptors (Lipinski definition) is 6. The summed E-state index contributed by atoms with van der Waals surface area (Å²) in [7, 11) is 0. The maximum Gasteiger partial charge on any atom is 0.434 e. The van der Waals surface area contributed by atoms with Crippen LogP contribution in [0.5, 0.6) is 0 Å². The first-order valence-electron chi connectivity index (χ1n) is 8.67. The van der Waals surface area contributed by atoms with Crippen molar-refractivity contribution < 1.29 is 9.45 Å². The summed E-state index contributed by atoms with van der Waals surface area (Å²) in [5, 5.41) is 15.0. The van der Waals surface area contributed by atoms with Gasteiger partial charge in [0, 0.05) is 30.4 Å². The predicted molar refractivity (Wildman–Crippen MR) is 96.0 cm³/mol. The highest BCUT2D eigenvalue weighted by Gasteiger charge is 2.17. The van der Waals surface area contributed by atoms with Crippen molar-refractivity contribution in [2.45, 2.75) is 25.8 Å². The summed E-state index contributed by atoms with van der Waals surface area (Å²) < 4.78 is 6.76. The van der Waals surface area contributed by atoms with E-state index in [0.29, 0.717) is 11.5 Å². The maximum absolute atomic E-state index is 10.9. The highest BCUT2D eigenvalue weighted by atomic mass is 16.6. The summed E-state index contributed by atoms with van der Waals surface area (Å²) in [5.74, 6) is 0.329. The largest absolute Gasteiger partial charge is 0.434 e. The lowest BCUT2D eigenvalue weighted by Crippen LogP contribution is -2.29. The van der Waals surface area contributed by atoms with Crippen molar-refractivity contribution in [2.75, 3.05) is 18.0 Å². The molecule has 3 heterocycles. The molecular formula is C18H19N5O3. The van der Waals surface area contributed by atoms with Crippen LogP contribution in [0.3, 0.4) is 0 Å². The van der Waals surface area contributed by atoms with Gasteiger partial charge >= 0.3 is 5.95 Å². The van der Waals surface area contributed by atoms with Crippen molar-refractivity contribution >= 4 is 11.6 Å². The van der Waals surface area contributed by atoms with Gasteiger partial charge in [-0.2, -0.15) is 0 Å². The Bertz CT molecular complexity index is 894. The Morgan fingerprint density at radius 1 is 1.15 bits per heavy atom. The van der Waals surface area contributed by atoms with Crippen LogP contribution in [-0.4, -0.2) is 32.7 Å². The summed E-state index contributed by atoms with van der Waals surface area (Å²) in [6, 6.07) is 10.1. The van der Waals surface area contributed by atoms with E-state index in [1.165, 1.54) is 35.7 Å². The predicted octanol–water partition coefficient (Wildman–Crippen LogP) is 3.48. The number of imidazole rings is 1. The molecule has 0 saturated carbocycles. The highest BCUT2D eigenvalue weighted by molar-refractivity contribution is 5.63. The van der Waals surface area contributed by atoms with Gasteiger partial charge in [-0.15, -0.1) is 0 Å². The van der Waals surface area contributed by atoms with Crippen LogP contribution >= 0.6 is 0 Å². The van der Waals surface area contributed by atoms with E-state index >= 15 is 0 Å². The fourth-order valence-corrected chi connectivity index (χ4v) is 3.28. The Labute approximate surface area is 150 Å². The van der Waals surface area contributed by atoms with Crippen LogP contribution in [0.15, 0.2) is 47.2 Å². The third-order valence-corrected chi connectivity index (χ3v) is 4.63. The van der Waals surface area contributed by atoms with E-state index in [1.807, 2.05) is 12.1 Å². The number of nitro groups is 1. The number of hydrogen-bond donors (Lipinski definition) is 0. The minimum Gasteiger partial charge on any atom is -0.390 e. The van der Waals surface area contributed by atoms with Gasteiger partial charge in [0.1, 0.15) is 24.6 Å². The number of benzene rings is 1. The maximum atomic E-state index is 10.9. The summed E-state index contributed by atoms with van der Waals surface area (Å²) in [5.41, 5.74) is 2.90. The van der Waals surface area contributed by atoms with Crippen LogP contribution in [-0.2, 0) is 6.54 Å². The Morgan fingerprint density at radius 3 is 2.65 bits per heavy atom. The Morgan fingerprint density at radius 2 is 1.92 bits per heavy atom. The summed E-state index contributed by atoms with van der Waals surface area (Å²) in [6.45, 7) is 2.43. The van der Waals surface area contributed by atoms with Crippen LogP contribution < -0.4 is 4.90 Å². The van der Waals surface area contributed by atoms with Crippen LogP contribution in [0, 0.1) is 10.1 Å². The van der Waals surface area contributed by atoms with Gasteiger partial charge in [0.25, 0.3) is 0 Å². The molecule has 0 N–H and O–H groups in total.